The third kappa shape index (κ3) is 5.11. The highest BCUT2D eigenvalue weighted by Crippen LogP contribution is 2.17. The van der Waals surface area contributed by atoms with Gasteiger partial charge in [-0.3, -0.25) is 14.5 Å². The Balaban J connectivity index is 1.87. The molecule has 124 valence electrons. The van der Waals surface area contributed by atoms with Gasteiger partial charge in [-0.15, -0.1) is 0 Å². The second-order valence-corrected chi connectivity index (χ2v) is 5.76. The van der Waals surface area contributed by atoms with E-state index in [-0.39, 0.29) is 24.3 Å². The smallest absolute Gasteiger partial charge is 0.236 e. The van der Waals surface area contributed by atoms with Crippen molar-refractivity contribution in [3.63, 3.8) is 0 Å². The summed E-state index contributed by atoms with van der Waals surface area (Å²) in [6, 6.07) is 5.75. The number of carbonyl (C=O) groups excluding carboxylic acids is 2. The molecule has 2 amide bonds. The Morgan fingerprint density at radius 3 is 2.74 bits per heavy atom. The minimum absolute atomic E-state index is 0.0115. The highest BCUT2D eigenvalue weighted by Gasteiger charge is 2.26. The van der Waals surface area contributed by atoms with Gasteiger partial charge in [0.1, 0.15) is 5.76 Å². The van der Waals surface area contributed by atoms with Crippen LogP contribution in [-0.4, -0.2) is 47.8 Å². The number of furan rings is 1. The molecule has 2 heterocycles. The second-order valence-electron chi connectivity index (χ2n) is 5.76. The molecule has 1 aliphatic rings. The van der Waals surface area contributed by atoms with Gasteiger partial charge < -0.3 is 15.1 Å². The highest BCUT2D eigenvalue weighted by molar-refractivity contribution is 5.80. The first-order valence-electron chi connectivity index (χ1n) is 7.79. The predicted octanol–water partition coefficient (Wildman–Crippen LogP) is 0.719. The average molecular weight is 318 g/mol. The normalized spacial score (nSPS) is 15.6. The molecule has 0 aromatic carbocycles. The predicted molar refractivity (Wildman–Crippen MR) is 82.7 cm³/mol. The van der Waals surface area contributed by atoms with Gasteiger partial charge in [-0.05, 0) is 25.0 Å². The summed E-state index contributed by atoms with van der Waals surface area (Å²) >= 11 is 0. The summed E-state index contributed by atoms with van der Waals surface area (Å²) in [6.45, 7) is 2.36. The van der Waals surface area contributed by atoms with Crippen LogP contribution in [0.3, 0.4) is 0 Å². The zero-order valence-corrected chi connectivity index (χ0v) is 13.1. The first kappa shape index (κ1) is 17.0. The van der Waals surface area contributed by atoms with Crippen LogP contribution in [0.1, 0.15) is 25.0 Å². The van der Waals surface area contributed by atoms with Gasteiger partial charge in [0.15, 0.2) is 0 Å². The molecule has 0 bridgehead atoms. The molecule has 1 saturated heterocycles. The van der Waals surface area contributed by atoms with Crippen LogP contribution in [-0.2, 0) is 16.1 Å². The Morgan fingerprint density at radius 2 is 2.17 bits per heavy atom. The third-order valence-corrected chi connectivity index (χ3v) is 4.11. The number of hydrogen-bond acceptors (Lipinski definition) is 5. The molecule has 23 heavy (non-hydrogen) atoms. The molecule has 0 unspecified atom stereocenters. The number of hydrogen-bond donors (Lipinski definition) is 1. The van der Waals surface area contributed by atoms with Crippen molar-refractivity contribution in [1.82, 2.24) is 9.80 Å². The summed E-state index contributed by atoms with van der Waals surface area (Å²) in [4.78, 5) is 27.3. The van der Waals surface area contributed by atoms with E-state index in [0.29, 0.717) is 45.4 Å². The lowest BCUT2D eigenvalue weighted by molar-refractivity contribution is -0.136. The van der Waals surface area contributed by atoms with E-state index >= 15 is 0 Å². The fourth-order valence-electron chi connectivity index (χ4n) is 2.75. The van der Waals surface area contributed by atoms with E-state index in [1.54, 1.807) is 17.2 Å². The van der Waals surface area contributed by atoms with Gasteiger partial charge in [-0.2, -0.15) is 5.26 Å². The Hall–Kier alpha value is -2.33. The van der Waals surface area contributed by atoms with Gasteiger partial charge in [0, 0.05) is 32.0 Å². The molecule has 7 nitrogen and oxygen atoms in total. The monoisotopic (exact) mass is 318 g/mol. The van der Waals surface area contributed by atoms with Crippen molar-refractivity contribution >= 4 is 11.8 Å². The zero-order valence-electron chi connectivity index (χ0n) is 13.1. The highest BCUT2D eigenvalue weighted by atomic mass is 16.3. The van der Waals surface area contributed by atoms with Gasteiger partial charge in [0.25, 0.3) is 0 Å². The van der Waals surface area contributed by atoms with Gasteiger partial charge in [0.05, 0.1) is 25.4 Å². The number of rotatable bonds is 7. The number of amides is 2. The summed E-state index contributed by atoms with van der Waals surface area (Å²) in [7, 11) is 0. The minimum atomic E-state index is -0.287. The molecule has 0 aliphatic carbocycles. The van der Waals surface area contributed by atoms with Crippen LogP contribution in [0, 0.1) is 17.2 Å². The largest absolute Gasteiger partial charge is 0.468 e. The summed E-state index contributed by atoms with van der Waals surface area (Å²) < 4.78 is 5.31. The fraction of sp³-hybridized carbons (Fsp3) is 0.562. The van der Waals surface area contributed by atoms with Crippen LogP contribution in [0.2, 0.25) is 0 Å². The maximum Gasteiger partial charge on any atom is 0.236 e. The van der Waals surface area contributed by atoms with Gasteiger partial charge >= 0.3 is 0 Å². The van der Waals surface area contributed by atoms with Gasteiger partial charge in [0.2, 0.25) is 11.8 Å². The van der Waals surface area contributed by atoms with Crippen molar-refractivity contribution in [1.29, 1.82) is 5.26 Å². The van der Waals surface area contributed by atoms with Crippen molar-refractivity contribution < 1.29 is 14.0 Å². The lowest BCUT2D eigenvalue weighted by atomic mass is 9.96. The van der Waals surface area contributed by atoms with E-state index in [4.69, 9.17) is 15.4 Å². The molecule has 0 spiro atoms. The fourth-order valence-corrected chi connectivity index (χ4v) is 2.75. The van der Waals surface area contributed by atoms with E-state index in [0.717, 1.165) is 5.76 Å². The van der Waals surface area contributed by atoms with Crippen LogP contribution >= 0.6 is 0 Å². The van der Waals surface area contributed by atoms with Gasteiger partial charge in [-0.1, -0.05) is 0 Å². The number of nitrogens with two attached hydrogens (primary N) is 1. The molecule has 0 atom stereocenters. The number of carbonyl (C=O) groups is 2. The maximum absolute atomic E-state index is 12.4. The maximum atomic E-state index is 12.4. The van der Waals surface area contributed by atoms with Crippen molar-refractivity contribution in [2.24, 2.45) is 11.7 Å². The van der Waals surface area contributed by atoms with Crippen LogP contribution in [0.4, 0.5) is 0 Å². The number of likely N-dealkylation sites (tertiary alicyclic amines) is 1. The molecule has 1 fully saturated rings. The van der Waals surface area contributed by atoms with Crippen LogP contribution < -0.4 is 5.73 Å². The van der Waals surface area contributed by atoms with E-state index in [1.807, 2.05) is 11.0 Å². The summed E-state index contributed by atoms with van der Waals surface area (Å²) in [5, 5.41) is 8.77. The number of primary amides is 1. The van der Waals surface area contributed by atoms with E-state index in [2.05, 4.69) is 6.07 Å². The minimum Gasteiger partial charge on any atom is -0.468 e. The zero-order chi connectivity index (χ0) is 16.7. The standard InChI is InChI=1S/C16H22N4O3/c17-6-2-7-19(11-14-3-1-10-23-14)12-15(21)20-8-4-13(5-9-20)16(18)22/h1,3,10,13H,2,4-5,7-9,11-12H2,(H2,18,22). The Morgan fingerprint density at radius 1 is 1.43 bits per heavy atom. The summed E-state index contributed by atoms with van der Waals surface area (Å²) in [6.07, 6.45) is 3.20. The Bertz CT molecular complexity index is 556. The molecule has 0 radical (unpaired) electrons. The van der Waals surface area contributed by atoms with Crippen LogP contribution in [0.5, 0.6) is 0 Å². The molecule has 1 aliphatic heterocycles. The second kappa shape index (κ2) is 8.34. The Kier molecular flexibility index (Phi) is 6.18. The molecule has 1 aromatic rings. The number of nitriles is 1. The van der Waals surface area contributed by atoms with Gasteiger partial charge in [-0.25, -0.2) is 0 Å². The topological polar surface area (TPSA) is 104 Å². The van der Waals surface area contributed by atoms with E-state index < -0.39 is 0 Å². The van der Waals surface area contributed by atoms with Crippen molar-refractivity contribution in [3.8, 4) is 6.07 Å². The summed E-state index contributed by atoms with van der Waals surface area (Å²) in [5.41, 5.74) is 5.31. The average Bonchev–Trinajstić information content (AvgIpc) is 3.05. The van der Waals surface area contributed by atoms with Crippen molar-refractivity contribution in [3.05, 3.63) is 24.2 Å². The van der Waals surface area contributed by atoms with Crippen molar-refractivity contribution in [2.45, 2.75) is 25.8 Å². The number of nitrogens with zero attached hydrogens (tertiary/aromatic N) is 3. The summed E-state index contributed by atoms with van der Waals surface area (Å²) in [5.74, 6) is 0.364. The molecule has 0 saturated carbocycles. The molecule has 2 N–H and O–H groups in total. The van der Waals surface area contributed by atoms with E-state index in [1.165, 1.54) is 0 Å². The molecule has 7 heteroatoms. The lowest BCUT2D eigenvalue weighted by Gasteiger charge is -2.32. The van der Waals surface area contributed by atoms with Crippen molar-refractivity contribution in [2.75, 3.05) is 26.2 Å². The number of piperidine rings is 1. The quantitative estimate of drug-likeness (QED) is 0.797. The third-order valence-electron chi connectivity index (χ3n) is 4.11. The first-order chi connectivity index (χ1) is 11.1. The first-order valence-corrected chi connectivity index (χ1v) is 7.79. The van der Waals surface area contributed by atoms with E-state index in [9.17, 15) is 9.59 Å². The van der Waals surface area contributed by atoms with Crippen LogP contribution in [0.15, 0.2) is 22.8 Å². The molecular formula is C16H22N4O3. The molecule has 1 aromatic heterocycles. The Labute approximate surface area is 135 Å². The molecule has 2 rings (SSSR count). The SMILES string of the molecule is N#CCCN(CC(=O)N1CCC(C(N)=O)CC1)Cc1ccco1. The molecular weight excluding hydrogens is 296 g/mol. The van der Waals surface area contributed by atoms with Crippen LogP contribution in [0.25, 0.3) is 0 Å². The lowest BCUT2D eigenvalue weighted by Crippen LogP contribution is -2.45.